The van der Waals surface area contributed by atoms with E-state index in [0.29, 0.717) is 11.4 Å². The number of aliphatic imine (C=N–C) groups is 1. The largest absolute Gasteiger partial charge is 0.495 e. The average Bonchev–Trinajstić information content (AvgIpc) is 2.51. The summed E-state index contributed by atoms with van der Waals surface area (Å²) in [6, 6.07) is 11.0. The van der Waals surface area contributed by atoms with Crippen LogP contribution >= 0.6 is 0 Å². The zero-order valence-corrected chi connectivity index (χ0v) is 12.1. The van der Waals surface area contributed by atoms with Crippen LogP contribution in [0.2, 0.25) is 0 Å². The highest BCUT2D eigenvalue weighted by atomic mass is 19.1. The lowest BCUT2D eigenvalue weighted by Gasteiger charge is -2.10. The highest BCUT2D eigenvalue weighted by Crippen LogP contribution is 2.22. The van der Waals surface area contributed by atoms with Gasteiger partial charge in [-0.15, -0.1) is 0 Å². The van der Waals surface area contributed by atoms with Gasteiger partial charge in [0.05, 0.1) is 12.8 Å². The van der Waals surface area contributed by atoms with Gasteiger partial charge in [-0.05, 0) is 30.7 Å². The van der Waals surface area contributed by atoms with Crippen molar-refractivity contribution in [3.63, 3.8) is 0 Å². The number of rotatable bonds is 5. The topological polar surface area (TPSA) is 59.6 Å². The van der Waals surface area contributed by atoms with E-state index in [1.807, 2.05) is 12.1 Å². The van der Waals surface area contributed by atoms with Crippen molar-refractivity contribution in [2.75, 3.05) is 19.0 Å². The highest BCUT2D eigenvalue weighted by Gasteiger charge is 2.07. The summed E-state index contributed by atoms with van der Waals surface area (Å²) in [5, 5.41) is 2.89. The second kappa shape index (κ2) is 7.40. The molecule has 0 amide bonds. The van der Waals surface area contributed by atoms with Gasteiger partial charge in [-0.25, -0.2) is 8.78 Å². The van der Waals surface area contributed by atoms with E-state index in [1.165, 1.54) is 18.2 Å². The maximum Gasteiger partial charge on any atom is 0.193 e. The SMILES string of the molecule is COc1ccccc1NC(N)=NCCc1c(F)cccc1F. The lowest BCUT2D eigenvalue weighted by Crippen LogP contribution is -2.23. The number of hydrogen-bond donors (Lipinski definition) is 2. The van der Waals surface area contributed by atoms with Gasteiger partial charge in [0.25, 0.3) is 0 Å². The monoisotopic (exact) mass is 305 g/mol. The van der Waals surface area contributed by atoms with Crippen LogP contribution in [-0.2, 0) is 6.42 Å². The van der Waals surface area contributed by atoms with Crippen molar-refractivity contribution < 1.29 is 13.5 Å². The Bertz CT molecular complexity index is 654. The van der Waals surface area contributed by atoms with Gasteiger partial charge in [0.1, 0.15) is 17.4 Å². The summed E-state index contributed by atoms with van der Waals surface area (Å²) in [5.74, 6) is -0.375. The van der Waals surface area contributed by atoms with Crippen LogP contribution in [0.4, 0.5) is 14.5 Å². The molecule has 0 heterocycles. The summed E-state index contributed by atoms with van der Waals surface area (Å²) in [4.78, 5) is 4.07. The molecule has 0 spiro atoms. The summed E-state index contributed by atoms with van der Waals surface area (Å²) in [5.41, 5.74) is 6.45. The fourth-order valence-electron chi connectivity index (χ4n) is 1.98. The van der Waals surface area contributed by atoms with E-state index in [-0.39, 0.29) is 24.5 Å². The van der Waals surface area contributed by atoms with Crippen molar-refractivity contribution in [3.8, 4) is 5.75 Å². The molecule has 0 aromatic heterocycles. The number of benzene rings is 2. The van der Waals surface area contributed by atoms with Crippen LogP contribution in [0.5, 0.6) is 5.75 Å². The molecule has 6 heteroatoms. The second-order valence-corrected chi connectivity index (χ2v) is 4.54. The summed E-state index contributed by atoms with van der Waals surface area (Å²) < 4.78 is 32.1. The molecule has 2 aromatic rings. The number of para-hydroxylation sites is 2. The first-order valence-electron chi connectivity index (χ1n) is 6.74. The number of methoxy groups -OCH3 is 1. The van der Waals surface area contributed by atoms with E-state index in [2.05, 4.69) is 10.3 Å². The standard InChI is InChI=1S/C16H17F2N3O/c1-22-15-8-3-2-7-14(15)21-16(19)20-10-9-11-12(17)5-4-6-13(11)18/h2-8H,9-10H2,1H3,(H3,19,20,21). The number of anilines is 1. The number of ether oxygens (including phenoxy) is 1. The quantitative estimate of drug-likeness (QED) is 0.659. The smallest absolute Gasteiger partial charge is 0.193 e. The number of hydrogen-bond acceptors (Lipinski definition) is 2. The van der Waals surface area contributed by atoms with Crippen molar-refractivity contribution in [2.24, 2.45) is 10.7 Å². The Morgan fingerprint density at radius 3 is 2.50 bits per heavy atom. The van der Waals surface area contributed by atoms with Crippen LogP contribution in [0.1, 0.15) is 5.56 Å². The highest BCUT2D eigenvalue weighted by molar-refractivity contribution is 5.93. The van der Waals surface area contributed by atoms with Crippen molar-refractivity contribution in [1.82, 2.24) is 0 Å². The lowest BCUT2D eigenvalue weighted by molar-refractivity contribution is 0.417. The number of nitrogens with two attached hydrogens (primary N) is 1. The first-order valence-corrected chi connectivity index (χ1v) is 6.74. The van der Waals surface area contributed by atoms with Gasteiger partial charge in [0, 0.05) is 12.1 Å². The minimum Gasteiger partial charge on any atom is -0.495 e. The van der Waals surface area contributed by atoms with E-state index in [1.54, 1.807) is 19.2 Å². The molecule has 0 aliphatic rings. The Balaban J connectivity index is 1.99. The van der Waals surface area contributed by atoms with Gasteiger partial charge < -0.3 is 15.8 Å². The molecule has 0 radical (unpaired) electrons. The third-order valence-corrected chi connectivity index (χ3v) is 3.08. The Labute approximate surface area is 127 Å². The summed E-state index contributed by atoms with van der Waals surface area (Å²) in [6.45, 7) is 0.172. The third-order valence-electron chi connectivity index (χ3n) is 3.08. The van der Waals surface area contributed by atoms with E-state index in [4.69, 9.17) is 10.5 Å². The lowest BCUT2D eigenvalue weighted by atomic mass is 10.1. The van der Waals surface area contributed by atoms with E-state index < -0.39 is 11.6 Å². The van der Waals surface area contributed by atoms with Crippen molar-refractivity contribution in [2.45, 2.75) is 6.42 Å². The Morgan fingerprint density at radius 1 is 1.14 bits per heavy atom. The molecule has 0 aliphatic carbocycles. The molecular formula is C16H17F2N3O. The van der Waals surface area contributed by atoms with Crippen LogP contribution in [0.3, 0.4) is 0 Å². The van der Waals surface area contributed by atoms with Crippen molar-refractivity contribution in [3.05, 3.63) is 59.7 Å². The van der Waals surface area contributed by atoms with Gasteiger partial charge in [-0.1, -0.05) is 18.2 Å². The molecule has 0 saturated heterocycles. The van der Waals surface area contributed by atoms with Crippen LogP contribution in [0.15, 0.2) is 47.5 Å². The molecule has 4 nitrogen and oxygen atoms in total. The predicted molar refractivity (Wildman–Crippen MR) is 83.2 cm³/mol. The minimum absolute atomic E-state index is 0.0105. The molecule has 3 N–H and O–H groups in total. The molecule has 0 atom stereocenters. The first-order chi connectivity index (χ1) is 10.6. The summed E-state index contributed by atoms with van der Waals surface area (Å²) in [6.07, 6.45) is 0.132. The van der Waals surface area contributed by atoms with Gasteiger partial charge >= 0.3 is 0 Å². The number of nitrogens with zero attached hydrogens (tertiary/aromatic N) is 1. The van der Waals surface area contributed by atoms with Gasteiger partial charge in [0.15, 0.2) is 5.96 Å². The van der Waals surface area contributed by atoms with Gasteiger partial charge in [-0.3, -0.25) is 4.99 Å². The van der Waals surface area contributed by atoms with Crippen molar-refractivity contribution in [1.29, 1.82) is 0 Å². The Hall–Kier alpha value is -2.63. The fourth-order valence-corrected chi connectivity index (χ4v) is 1.98. The van der Waals surface area contributed by atoms with Gasteiger partial charge in [0.2, 0.25) is 0 Å². The molecule has 0 aliphatic heterocycles. The minimum atomic E-state index is -0.577. The van der Waals surface area contributed by atoms with E-state index in [9.17, 15) is 8.78 Å². The second-order valence-electron chi connectivity index (χ2n) is 4.54. The van der Waals surface area contributed by atoms with Crippen LogP contribution < -0.4 is 15.8 Å². The summed E-state index contributed by atoms with van der Waals surface area (Å²) >= 11 is 0. The van der Waals surface area contributed by atoms with E-state index in [0.717, 1.165) is 0 Å². The molecular weight excluding hydrogens is 288 g/mol. The average molecular weight is 305 g/mol. The number of halogens is 2. The Kier molecular flexibility index (Phi) is 5.30. The normalized spacial score (nSPS) is 11.3. The van der Waals surface area contributed by atoms with E-state index >= 15 is 0 Å². The van der Waals surface area contributed by atoms with Crippen LogP contribution in [-0.4, -0.2) is 19.6 Å². The molecule has 2 aromatic carbocycles. The van der Waals surface area contributed by atoms with Crippen LogP contribution in [0, 0.1) is 11.6 Å². The maximum atomic E-state index is 13.5. The molecule has 0 fully saturated rings. The van der Waals surface area contributed by atoms with Gasteiger partial charge in [-0.2, -0.15) is 0 Å². The zero-order chi connectivity index (χ0) is 15.9. The maximum absolute atomic E-state index is 13.5. The molecule has 0 unspecified atom stereocenters. The molecule has 0 bridgehead atoms. The Morgan fingerprint density at radius 2 is 1.82 bits per heavy atom. The number of guanidine groups is 1. The molecule has 2 rings (SSSR count). The molecule has 22 heavy (non-hydrogen) atoms. The van der Waals surface area contributed by atoms with Crippen LogP contribution in [0.25, 0.3) is 0 Å². The molecule has 116 valence electrons. The predicted octanol–water partition coefficient (Wildman–Crippen LogP) is 2.94. The fraction of sp³-hybridized carbons (Fsp3) is 0.188. The zero-order valence-electron chi connectivity index (χ0n) is 12.1. The summed E-state index contributed by atoms with van der Waals surface area (Å²) in [7, 11) is 1.55. The molecule has 0 saturated carbocycles. The van der Waals surface area contributed by atoms with Crippen molar-refractivity contribution >= 4 is 11.6 Å². The third kappa shape index (κ3) is 3.94. The first kappa shape index (κ1) is 15.8. The number of nitrogens with one attached hydrogen (secondary N) is 1.